The molecule has 1 aliphatic heterocycles. The van der Waals surface area contributed by atoms with Crippen molar-refractivity contribution < 1.29 is 5.11 Å². The molecule has 1 aliphatic rings. The summed E-state index contributed by atoms with van der Waals surface area (Å²) in [6, 6.07) is 6.56. The SMILES string of the molecule is C=CCC[C@@H](O)CN1CCC(Nc2cccc(C)n2)CC1. The molecule has 0 bridgehead atoms. The normalized spacial score (nSPS) is 18.4. The quantitative estimate of drug-likeness (QED) is 0.758. The van der Waals surface area contributed by atoms with E-state index in [-0.39, 0.29) is 6.10 Å². The van der Waals surface area contributed by atoms with Crippen molar-refractivity contribution in [3.63, 3.8) is 0 Å². The van der Waals surface area contributed by atoms with Gasteiger partial charge in [-0.15, -0.1) is 6.58 Å². The molecule has 0 spiro atoms. The van der Waals surface area contributed by atoms with E-state index >= 15 is 0 Å². The van der Waals surface area contributed by atoms with E-state index in [9.17, 15) is 5.11 Å². The molecule has 2 heterocycles. The van der Waals surface area contributed by atoms with E-state index in [0.717, 1.165) is 56.8 Å². The van der Waals surface area contributed by atoms with Crippen LogP contribution in [0.3, 0.4) is 0 Å². The van der Waals surface area contributed by atoms with Crippen LogP contribution in [-0.2, 0) is 0 Å². The minimum absolute atomic E-state index is 0.231. The Morgan fingerprint density at radius 1 is 1.48 bits per heavy atom. The van der Waals surface area contributed by atoms with Crippen molar-refractivity contribution >= 4 is 5.82 Å². The lowest BCUT2D eigenvalue weighted by molar-refractivity contribution is 0.0934. The van der Waals surface area contributed by atoms with Gasteiger partial charge in [-0.1, -0.05) is 12.1 Å². The summed E-state index contributed by atoms with van der Waals surface area (Å²) in [6.07, 6.45) is 5.54. The van der Waals surface area contributed by atoms with Crippen LogP contribution in [0.2, 0.25) is 0 Å². The number of aryl methyl sites for hydroxylation is 1. The summed E-state index contributed by atoms with van der Waals surface area (Å²) in [4.78, 5) is 6.85. The zero-order valence-corrected chi connectivity index (χ0v) is 13.0. The maximum absolute atomic E-state index is 9.95. The van der Waals surface area contributed by atoms with Crippen LogP contribution < -0.4 is 5.32 Å². The molecule has 0 unspecified atom stereocenters. The number of anilines is 1. The van der Waals surface area contributed by atoms with Crippen molar-refractivity contribution in [3.8, 4) is 0 Å². The molecule has 4 heteroatoms. The van der Waals surface area contributed by atoms with Crippen LogP contribution >= 0.6 is 0 Å². The topological polar surface area (TPSA) is 48.4 Å². The third-order valence-electron chi connectivity index (χ3n) is 4.00. The first kappa shape index (κ1) is 16.0. The van der Waals surface area contributed by atoms with Gasteiger partial charge in [0.25, 0.3) is 0 Å². The molecule has 1 saturated heterocycles. The third-order valence-corrected chi connectivity index (χ3v) is 4.00. The second kappa shape index (κ2) is 8.15. The highest BCUT2D eigenvalue weighted by Gasteiger charge is 2.20. The summed E-state index contributed by atoms with van der Waals surface area (Å²) < 4.78 is 0. The first-order valence-electron chi connectivity index (χ1n) is 7.89. The fraction of sp³-hybridized carbons (Fsp3) is 0.588. The van der Waals surface area contributed by atoms with Gasteiger partial charge in [-0.25, -0.2) is 4.98 Å². The van der Waals surface area contributed by atoms with Crippen LogP contribution in [-0.4, -0.2) is 46.8 Å². The number of aliphatic hydroxyl groups excluding tert-OH is 1. The molecular formula is C17H27N3O. The Bertz CT molecular complexity index is 441. The molecule has 0 amide bonds. The van der Waals surface area contributed by atoms with E-state index in [1.54, 1.807) is 0 Å². The molecule has 1 aromatic rings. The number of piperidine rings is 1. The van der Waals surface area contributed by atoms with E-state index in [0.29, 0.717) is 6.04 Å². The Balaban J connectivity index is 1.72. The Kier molecular flexibility index (Phi) is 6.21. The third kappa shape index (κ3) is 5.48. The lowest BCUT2D eigenvalue weighted by atomic mass is 10.0. The average molecular weight is 289 g/mol. The van der Waals surface area contributed by atoms with Gasteiger partial charge in [-0.05, 0) is 44.7 Å². The van der Waals surface area contributed by atoms with Crippen LogP contribution in [0.5, 0.6) is 0 Å². The number of aromatic nitrogens is 1. The van der Waals surface area contributed by atoms with E-state index in [4.69, 9.17) is 0 Å². The van der Waals surface area contributed by atoms with Crippen LogP contribution in [0.4, 0.5) is 5.82 Å². The molecule has 21 heavy (non-hydrogen) atoms. The first-order valence-corrected chi connectivity index (χ1v) is 7.89. The molecule has 1 atom stereocenters. The number of β-amino-alcohol motifs (C(OH)–C–C–N with tert-alkyl or cyclic N) is 1. The highest BCUT2D eigenvalue weighted by atomic mass is 16.3. The number of likely N-dealkylation sites (tertiary alicyclic amines) is 1. The number of aliphatic hydroxyl groups is 1. The van der Waals surface area contributed by atoms with E-state index in [1.165, 1.54) is 0 Å². The molecule has 2 rings (SSSR count). The van der Waals surface area contributed by atoms with Gasteiger partial charge in [0, 0.05) is 31.4 Å². The minimum Gasteiger partial charge on any atom is -0.392 e. The van der Waals surface area contributed by atoms with Gasteiger partial charge in [-0.3, -0.25) is 0 Å². The Hall–Kier alpha value is -1.39. The van der Waals surface area contributed by atoms with Gasteiger partial charge >= 0.3 is 0 Å². The number of nitrogens with one attached hydrogen (secondary N) is 1. The summed E-state index contributed by atoms with van der Waals surface area (Å²) in [5.74, 6) is 0.972. The zero-order chi connectivity index (χ0) is 15.1. The zero-order valence-electron chi connectivity index (χ0n) is 13.0. The average Bonchev–Trinajstić information content (AvgIpc) is 2.47. The minimum atomic E-state index is -0.231. The van der Waals surface area contributed by atoms with Crippen LogP contribution in [0, 0.1) is 6.92 Å². The monoisotopic (exact) mass is 289 g/mol. The summed E-state index contributed by atoms with van der Waals surface area (Å²) in [7, 11) is 0. The standard InChI is InChI=1S/C17H27N3O/c1-3-4-7-16(21)13-20-11-9-15(10-12-20)19-17-8-5-6-14(2)18-17/h3,5-6,8,15-16,21H,1,4,7,9-13H2,2H3,(H,18,19)/t16-/m1/s1. The number of hydrogen-bond donors (Lipinski definition) is 2. The first-order chi connectivity index (χ1) is 10.2. The maximum atomic E-state index is 9.95. The molecule has 0 saturated carbocycles. The molecule has 116 valence electrons. The molecule has 4 nitrogen and oxygen atoms in total. The lowest BCUT2D eigenvalue weighted by Gasteiger charge is -2.33. The molecule has 0 aromatic carbocycles. The Morgan fingerprint density at radius 3 is 2.90 bits per heavy atom. The second-order valence-electron chi connectivity index (χ2n) is 5.90. The Morgan fingerprint density at radius 2 is 2.24 bits per heavy atom. The number of hydrogen-bond acceptors (Lipinski definition) is 4. The molecule has 0 aliphatic carbocycles. The number of allylic oxidation sites excluding steroid dienone is 1. The van der Waals surface area contributed by atoms with Crippen LogP contribution in [0.1, 0.15) is 31.4 Å². The Labute approximate surface area is 127 Å². The highest BCUT2D eigenvalue weighted by molar-refractivity contribution is 5.36. The van der Waals surface area contributed by atoms with Crippen molar-refractivity contribution in [3.05, 3.63) is 36.5 Å². The second-order valence-corrected chi connectivity index (χ2v) is 5.90. The highest BCUT2D eigenvalue weighted by Crippen LogP contribution is 2.16. The maximum Gasteiger partial charge on any atom is 0.126 e. The smallest absolute Gasteiger partial charge is 0.126 e. The van der Waals surface area contributed by atoms with Crippen LogP contribution in [0.25, 0.3) is 0 Å². The van der Waals surface area contributed by atoms with Crippen molar-refractivity contribution in [2.75, 3.05) is 25.0 Å². The predicted molar refractivity (Wildman–Crippen MR) is 87.5 cm³/mol. The van der Waals surface area contributed by atoms with Gasteiger partial charge in [-0.2, -0.15) is 0 Å². The largest absolute Gasteiger partial charge is 0.392 e. The number of rotatable bonds is 7. The molecule has 1 aromatic heterocycles. The van der Waals surface area contributed by atoms with Crippen LogP contribution in [0.15, 0.2) is 30.9 Å². The molecular weight excluding hydrogens is 262 g/mol. The van der Waals surface area contributed by atoms with Gasteiger partial charge in [0.15, 0.2) is 0 Å². The van der Waals surface area contributed by atoms with Gasteiger partial charge in [0.1, 0.15) is 5.82 Å². The molecule has 2 N–H and O–H groups in total. The van der Waals surface area contributed by atoms with Gasteiger partial charge < -0.3 is 15.3 Å². The number of pyridine rings is 1. The summed E-state index contributed by atoms with van der Waals surface area (Å²) >= 11 is 0. The summed E-state index contributed by atoms with van der Waals surface area (Å²) in [5.41, 5.74) is 1.04. The fourth-order valence-corrected chi connectivity index (χ4v) is 2.79. The summed E-state index contributed by atoms with van der Waals surface area (Å²) in [6.45, 7) is 8.56. The van der Waals surface area contributed by atoms with E-state index in [1.807, 2.05) is 31.2 Å². The van der Waals surface area contributed by atoms with Gasteiger partial charge in [0.05, 0.1) is 6.10 Å². The molecule has 0 radical (unpaired) electrons. The van der Waals surface area contributed by atoms with Crippen molar-refractivity contribution in [1.82, 2.24) is 9.88 Å². The van der Waals surface area contributed by atoms with E-state index < -0.39 is 0 Å². The lowest BCUT2D eigenvalue weighted by Crippen LogP contribution is -2.42. The van der Waals surface area contributed by atoms with Crippen molar-refractivity contribution in [2.45, 2.75) is 44.8 Å². The number of nitrogens with zero attached hydrogens (tertiary/aromatic N) is 2. The summed E-state index contributed by atoms with van der Waals surface area (Å²) in [5, 5.41) is 13.5. The van der Waals surface area contributed by atoms with E-state index in [2.05, 4.69) is 21.8 Å². The van der Waals surface area contributed by atoms with Crippen molar-refractivity contribution in [2.24, 2.45) is 0 Å². The van der Waals surface area contributed by atoms with Crippen molar-refractivity contribution in [1.29, 1.82) is 0 Å². The fourth-order valence-electron chi connectivity index (χ4n) is 2.79. The molecule has 1 fully saturated rings. The van der Waals surface area contributed by atoms with Gasteiger partial charge in [0.2, 0.25) is 0 Å². The predicted octanol–water partition coefficient (Wildman–Crippen LogP) is 2.59.